The van der Waals surface area contributed by atoms with Crippen molar-refractivity contribution in [1.29, 1.82) is 0 Å². The summed E-state index contributed by atoms with van der Waals surface area (Å²) in [6, 6.07) is 9.72. The van der Waals surface area contributed by atoms with Gasteiger partial charge in [-0.05, 0) is 32.3 Å². The molecular formula is C21H35BrN4O4. The second-order valence-corrected chi connectivity index (χ2v) is 8.55. The number of nitrogens with zero attached hydrogens (tertiary/aromatic N) is 2. The lowest BCUT2D eigenvalue weighted by molar-refractivity contribution is -0.136. The molecular weight excluding hydrogens is 452 g/mol. The molecule has 1 aromatic carbocycles. The van der Waals surface area contributed by atoms with Crippen molar-refractivity contribution >= 4 is 34.2 Å². The summed E-state index contributed by atoms with van der Waals surface area (Å²) in [5.74, 6) is 0.128. The maximum atomic E-state index is 12.7. The Bertz CT molecular complexity index is 636. The van der Waals surface area contributed by atoms with E-state index in [1.165, 1.54) is 5.01 Å². The van der Waals surface area contributed by atoms with E-state index in [1.807, 2.05) is 44.2 Å². The molecule has 0 saturated carbocycles. The normalized spacial score (nSPS) is 10.8. The van der Waals surface area contributed by atoms with Crippen LogP contribution in [0.15, 0.2) is 30.3 Å². The highest BCUT2D eigenvalue weighted by atomic mass is 79.9. The number of alkyl halides is 1. The Hall–Kier alpha value is -1.97. The minimum Gasteiger partial charge on any atom is -0.443 e. The van der Waals surface area contributed by atoms with Crippen LogP contribution in [0.2, 0.25) is 0 Å². The van der Waals surface area contributed by atoms with Crippen LogP contribution in [0.4, 0.5) is 4.79 Å². The quantitative estimate of drug-likeness (QED) is 0.316. The number of rotatable bonds is 9. The van der Waals surface area contributed by atoms with E-state index in [0.717, 1.165) is 11.8 Å². The Morgan fingerprint density at radius 1 is 1.20 bits per heavy atom. The smallest absolute Gasteiger partial charge is 0.422 e. The molecule has 1 aromatic rings. The molecule has 0 spiro atoms. The van der Waals surface area contributed by atoms with E-state index in [4.69, 9.17) is 9.53 Å². The number of hydrazine groups is 2. The van der Waals surface area contributed by atoms with Crippen LogP contribution in [0.5, 0.6) is 0 Å². The number of ether oxygens (including phenoxy) is 1. The van der Waals surface area contributed by atoms with E-state index in [2.05, 4.69) is 26.8 Å². The van der Waals surface area contributed by atoms with E-state index < -0.39 is 11.7 Å². The molecule has 0 aliphatic rings. The first-order chi connectivity index (χ1) is 14.0. The van der Waals surface area contributed by atoms with Crippen LogP contribution < -0.4 is 10.9 Å². The first-order valence-corrected chi connectivity index (χ1v) is 10.9. The molecule has 0 aromatic heterocycles. The second-order valence-electron chi connectivity index (χ2n) is 7.90. The van der Waals surface area contributed by atoms with Crippen LogP contribution in [0.3, 0.4) is 0 Å². The van der Waals surface area contributed by atoms with Crippen LogP contribution in [0, 0.1) is 5.92 Å². The van der Waals surface area contributed by atoms with Crippen molar-refractivity contribution in [3.05, 3.63) is 35.9 Å². The SMILES string of the molecule is CNN(Cc1ccccc1)C(=O)CN(CC(C)C)NC(=O)OC(C)(C)C.O=CCBr. The number of amides is 2. The third kappa shape index (κ3) is 14.1. The fourth-order valence-electron chi connectivity index (χ4n) is 2.33. The van der Waals surface area contributed by atoms with Crippen molar-refractivity contribution in [1.82, 2.24) is 20.9 Å². The van der Waals surface area contributed by atoms with Crippen molar-refractivity contribution in [2.45, 2.75) is 46.8 Å². The Labute approximate surface area is 188 Å². The van der Waals surface area contributed by atoms with Crippen molar-refractivity contribution in [3.8, 4) is 0 Å². The summed E-state index contributed by atoms with van der Waals surface area (Å²) in [5.41, 5.74) is 6.01. The van der Waals surface area contributed by atoms with E-state index in [-0.39, 0.29) is 18.4 Å². The molecule has 1 rings (SSSR count). The molecule has 170 valence electrons. The predicted octanol–water partition coefficient (Wildman–Crippen LogP) is 3.13. The first-order valence-electron chi connectivity index (χ1n) is 9.78. The Balaban J connectivity index is 0.00000192. The third-order valence-corrected chi connectivity index (χ3v) is 3.64. The molecule has 0 bridgehead atoms. The fraction of sp³-hybridized carbons (Fsp3) is 0.571. The van der Waals surface area contributed by atoms with Gasteiger partial charge in [0.1, 0.15) is 11.9 Å². The molecule has 8 nitrogen and oxygen atoms in total. The summed E-state index contributed by atoms with van der Waals surface area (Å²) in [5, 5.41) is 3.57. The second kappa shape index (κ2) is 14.9. The van der Waals surface area contributed by atoms with Gasteiger partial charge in [-0.25, -0.2) is 15.2 Å². The predicted molar refractivity (Wildman–Crippen MR) is 122 cm³/mol. The standard InChI is InChI=1S/C19H32N4O3.C2H3BrO/c1-15(2)12-22(21-18(25)26-19(3,4)5)14-17(24)23(20-6)13-16-10-8-7-9-11-16;3-1-2-4/h7-11,15,20H,12-14H2,1-6H3,(H,21,25);2H,1H2. The first kappa shape index (κ1) is 28.0. The lowest BCUT2D eigenvalue weighted by Crippen LogP contribution is -2.52. The lowest BCUT2D eigenvalue weighted by Gasteiger charge is -2.29. The number of halogens is 1. The molecule has 0 fully saturated rings. The molecule has 0 heterocycles. The number of aldehydes is 1. The highest BCUT2D eigenvalue weighted by Crippen LogP contribution is 2.08. The van der Waals surface area contributed by atoms with Crippen LogP contribution in [0.25, 0.3) is 0 Å². The average Bonchev–Trinajstić information content (AvgIpc) is 2.64. The van der Waals surface area contributed by atoms with Crippen molar-refractivity contribution in [2.75, 3.05) is 25.5 Å². The van der Waals surface area contributed by atoms with E-state index >= 15 is 0 Å². The van der Waals surface area contributed by atoms with Crippen molar-refractivity contribution in [3.63, 3.8) is 0 Å². The van der Waals surface area contributed by atoms with Crippen LogP contribution >= 0.6 is 15.9 Å². The molecule has 0 aliphatic heterocycles. The van der Waals surface area contributed by atoms with Crippen molar-refractivity contribution < 1.29 is 19.1 Å². The third-order valence-electron chi connectivity index (χ3n) is 3.38. The monoisotopic (exact) mass is 486 g/mol. The molecule has 0 radical (unpaired) electrons. The van der Waals surface area contributed by atoms with E-state index in [1.54, 1.807) is 32.8 Å². The highest BCUT2D eigenvalue weighted by Gasteiger charge is 2.22. The zero-order chi connectivity index (χ0) is 23.2. The number of hydrogen-bond acceptors (Lipinski definition) is 6. The van der Waals surface area contributed by atoms with Crippen LogP contribution in [-0.4, -0.2) is 59.4 Å². The number of carbonyl (C=O) groups excluding carboxylic acids is 3. The fourth-order valence-corrected chi connectivity index (χ4v) is 2.33. The minimum atomic E-state index is -0.595. The van der Waals surface area contributed by atoms with Gasteiger partial charge >= 0.3 is 6.09 Å². The highest BCUT2D eigenvalue weighted by molar-refractivity contribution is 9.09. The topological polar surface area (TPSA) is 91.0 Å². The van der Waals surface area contributed by atoms with Crippen LogP contribution in [-0.2, 0) is 20.9 Å². The Kier molecular flexibility index (Phi) is 13.9. The number of benzene rings is 1. The summed E-state index contributed by atoms with van der Waals surface area (Å²) in [7, 11) is 1.70. The zero-order valence-electron chi connectivity index (χ0n) is 18.8. The molecule has 9 heteroatoms. The van der Waals surface area contributed by atoms with Gasteiger partial charge in [0.25, 0.3) is 5.91 Å². The van der Waals surface area contributed by atoms with Gasteiger partial charge in [0.15, 0.2) is 0 Å². The summed E-state index contributed by atoms with van der Waals surface area (Å²) >= 11 is 2.88. The summed E-state index contributed by atoms with van der Waals surface area (Å²) in [6.45, 7) is 10.5. The van der Waals surface area contributed by atoms with Crippen LogP contribution in [0.1, 0.15) is 40.2 Å². The van der Waals surface area contributed by atoms with Gasteiger partial charge in [-0.1, -0.05) is 60.1 Å². The van der Waals surface area contributed by atoms with Gasteiger partial charge in [-0.15, -0.1) is 0 Å². The van der Waals surface area contributed by atoms with Gasteiger partial charge in [-0.2, -0.15) is 0 Å². The Morgan fingerprint density at radius 2 is 1.77 bits per heavy atom. The summed E-state index contributed by atoms with van der Waals surface area (Å²) in [4.78, 5) is 33.8. The summed E-state index contributed by atoms with van der Waals surface area (Å²) in [6.07, 6.45) is 0.227. The molecule has 0 atom stereocenters. The lowest BCUT2D eigenvalue weighted by atomic mass is 10.2. The maximum Gasteiger partial charge on any atom is 0.422 e. The molecule has 0 saturated heterocycles. The molecule has 2 amide bonds. The largest absolute Gasteiger partial charge is 0.443 e. The van der Waals surface area contributed by atoms with Gasteiger partial charge < -0.3 is 9.53 Å². The van der Waals surface area contributed by atoms with Gasteiger partial charge in [0.05, 0.1) is 18.4 Å². The van der Waals surface area contributed by atoms with Gasteiger partial charge in [-0.3, -0.25) is 15.2 Å². The zero-order valence-corrected chi connectivity index (χ0v) is 20.4. The Morgan fingerprint density at radius 3 is 2.20 bits per heavy atom. The summed E-state index contributed by atoms with van der Waals surface area (Å²) < 4.78 is 5.28. The van der Waals surface area contributed by atoms with Gasteiger partial charge in [0.2, 0.25) is 0 Å². The van der Waals surface area contributed by atoms with E-state index in [0.29, 0.717) is 18.4 Å². The number of carbonyl (C=O) groups is 3. The van der Waals surface area contributed by atoms with Crippen molar-refractivity contribution in [2.24, 2.45) is 5.92 Å². The van der Waals surface area contributed by atoms with E-state index in [9.17, 15) is 9.59 Å². The molecule has 0 unspecified atom stereocenters. The number of nitrogens with one attached hydrogen (secondary N) is 2. The maximum absolute atomic E-state index is 12.7. The average molecular weight is 487 g/mol. The minimum absolute atomic E-state index is 0.0467. The molecule has 30 heavy (non-hydrogen) atoms. The van der Waals surface area contributed by atoms with Gasteiger partial charge in [0, 0.05) is 13.6 Å². The molecule has 0 aliphatic carbocycles. The number of hydrogen-bond donors (Lipinski definition) is 2. The molecule has 2 N–H and O–H groups in total.